The molecule has 18 heavy (non-hydrogen) atoms. The van der Waals surface area contributed by atoms with Gasteiger partial charge in [-0.3, -0.25) is 4.79 Å². The van der Waals surface area contributed by atoms with Crippen molar-refractivity contribution in [3.8, 4) is 0 Å². The molecular weight excluding hydrogens is 224 g/mol. The van der Waals surface area contributed by atoms with Crippen LogP contribution in [0.1, 0.15) is 42.1 Å². The maximum atomic E-state index is 11.4. The van der Waals surface area contributed by atoms with Crippen LogP contribution >= 0.6 is 0 Å². The third kappa shape index (κ3) is 3.33. The highest BCUT2D eigenvalue weighted by molar-refractivity contribution is 5.93. The Kier molecular flexibility index (Phi) is 4.37. The van der Waals surface area contributed by atoms with Gasteiger partial charge in [0.2, 0.25) is 0 Å². The summed E-state index contributed by atoms with van der Waals surface area (Å²) < 4.78 is 0. The molecule has 1 aromatic carbocycles. The largest absolute Gasteiger partial charge is 0.355 e. The van der Waals surface area contributed by atoms with E-state index in [1.54, 1.807) is 7.05 Å². The van der Waals surface area contributed by atoms with Crippen LogP contribution in [0.5, 0.6) is 0 Å². The van der Waals surface area contributed by atoms with Crippen LogP contribution in [-0.4, -0.2) is 19.0 Å². The number of nitrogens with one attached hydrogen (secondary N) is 2. The number of hydrogen-bond acceptors (Lipinski definition) is 2. The lowest BCUT2D eigenvalue weighted by Crippen LogP contribution is -2.19. The normalized spacial score (nSPS) is 21.7. The number of carbonyl (C=O) groups is 1. The van der Waals surface area contributed by atoms with Gasteiger partial charge in [-0.15, -0.1) is 0 Å². The molecule has 1 fully saturated rings. The van der Waals surface area contributed by atoms with Crippen molar-refractivity contribution in [3.05, 3.63) is 35.4 Å². The molecule has 2 unspecified atom stereocenters. The first-order valence-corrected chi connectivity index (χ1v) is 6.79. The minimum atomic E-state index is -0.0280. The lowest BCUT2D eigenvalue weighted by Gasteiger charge is -2.05. The Balaban J connectivity index is 1.79. The van der Waals surface area contributed by atoms with Crippen molar-refractivity contribution in [1.82, 2.24) is 10.6 Å². The van der Waals surface area contributed by atoms with E-state index in [-0.39, 0.29) is 5.91 Å². The zero-order valence-corrected chi connectivity index (χ0v) is 11.2. The Hall–Kier alpha value is -1.35. The fraction of sp³-hybridized carbons (Fsp3) is 0.533. The third-order valence-corrected chi connectivity index (χ3v) is 3.59. The molecular formula is C15H22N2O. The first kappa shape index (κ1) is 13.1. The summed E-state index contributed by atoms with van der Waals surface area (Å²) in [5.41, 5.74) is 1.96. The Morgan fingerprint density at radius 3 is 2.67 bits per heavy atom. The monoisotopic (exact) mass is 246 g/mol. The molecule has 1 aliphatic carbocycles. The molecule has 0 spiro atoms. The van der Waals surface area contributed by atoms with Gasteiger partial charge in [0.15, 0.2) is 0 Å². The molecule has 1 amide bonds. The van der Waals surface area contributed by atoms with E-state index in [0.29, 0.717) is 6.04 Å². The van der Waals surface area contributed by atoms with Gasteiger partial charge in [0.1, 0.15) is 0 Å². The van der Waals surface area contributed by atoms with Crippen LogP contribution in [0.25, 0.3) is 0 Å². The summed E-state index contributed by atoms with van der Waals surface area (Å²) in [5, 5.41) is 6.20. The highest BCUT2D eigenvalue weighted by Gasteiger charge is 2.35. The molecule has 0 radical (unpaired) electrons. The van der Waals surface area contributed by atoms with Gasteiger partial charge in [0, 0.05) is 25.2 Å². The molecule has 1 aliphatic rings. The van der Waals surface area contributed by atoms with Crippen molar-refractivity contribution in [1.29, 1.82) is 0 Å². The maximum absolute atomic E-state index is 11.4. The van der Waals surface area contributed by atoms with E-state index in [1.165, 1.54) is 24.8 Å². The van der Waals surface area contributed by atoms with E-state index in [1.807, 2.05) is 24.3 Å². The van der Waals surface area contributed by atoms with E-state index in [9.17, 15) is 4.79 Å². The summed E-state index contributed by atoms with van der Waals surface area (Å²) >= 11 is 0. The van der Waals surface area contributed by atoms with Crippen LogP contribution in [0.3, 0.4) is 0 Å². The highest BCUT2D eigenvalue weighted by atomic mass is 16.1. The molecule has 3 nitrogen and oxygen atoms in total. The smallest absolute Gasteiger partial charge is 0.251 e. The molecule has 1 aromatic rings. The SMILES string of the molecule is CCCC1CC1NCc1ccc(C(=O)NC)cc1. The first-order chi connectivity index (χ1) is 8.74. The first-order valence-electron chi connectivity index (χ1n) is 6.79. The molecule has 0 saturated heterocycles. The zero-order chi connectivity index (χ0) is 13.0. The van der Waals surface area contributed by atoms with Gasteiger partial charge in [-0.05, 0) is 36.5 Å². The maximum Gasteiger partial charge on any atom is 0.251 e. The lowest BCUT2D eigenvalue weighted by atomic mass is 10.1. The fourth-order valence-corrected chi connectivity index (χ4v) is 2.35. The Labute approximate surface area is 109 Å². The average molecular weight is 246 g/mol. The van der Waals surface area contributed by atoms with Gasteiger partial charge < -0.3 is 10.6 Å². The molecule has 0 heterocycles. The van der Waals surface area contributed by atoms with Crippen molar-refractivity contribution >= 4 is 5.91 Å². The van der Waals surface area contributed by atoms with E-state index in [0.717, 1.165) is 18.0 Å². The molecule has 0 aliphatic heterocycles. The molecule has 0 bridgehead atoms. The summed E-state index contributed by atoms with van der Waals surface area (Å²) in [6.45, 7) is 3.14. The summed E-state index contributed by atoms with van der Waals surface area (Å²) in [6, 6.07) is 8.52. The Morgan fingerprint density at radius 2 is 2.06 bits per heavy atom. The standard InChI is InChI=1S/C15H22N2O/c1-3-4-13-9-14(13)17-10-11-5-7-12(8-6-11)15(18)16-2/h5-8,13-14,17H,3-4,9-10H2,1-2H3,(H,16,18). The van der Waals surface area contributed by atoms with Crippen LogP contribution < -0.4 is 10.6 Å². The number of hydrogen-bond donors (Lipinski definition) is 2. The van der Waals surface area contributed by atoms with Crippen LogP contribution in [-0.2, 0) is 6.54 Å². The predicted molar refractivity (Wildman–Crippen MR) is 73.5 cm³/mol. The van der Waals surface area contributed by atoms with Crippen molar-refractivity contribution in [2.24, 2.45) is 5.92 Å². The van der Waals surface area contributed by atoms with Crippen molar-refractivity contribution in [2.45, 2.75) is 38.8 Å². The summed E-state index contributed by atoms with van der Waals surface area (Å²) in [7, 11) is 1.65. The van der Waals surface area contributed by atoms with E-state index >= 15 is 0 Å². The van der Waals surface area contributed by atoms with Crippen LogP contribution in [0, 0.1) is 5.92 Å². The average Bonchev–Trinajstić information content (AvgIpc) is 3.15. The Morgan fingerprint density at radius 1 is 1.33 bits per heavy atom. The second-order valence-corrected chi connectivity index (χ2v) is 5.05. The topological polar surface area (TPSA) is 41.1 Å². The molecule has 2 atom stereocenters. The molecule has 0 aromatic heterocycles. The minimum absolute atomic E-state index is 0.0280. The van der Waals surface area contributed by atoms with Crippen molar-refractivity contribution in [3.63, 3.8) is 0 Å². The Bertz CT molecular complexity index is 399. The van der Waals surface area contributed by atoms with Crippen LogP contribution in [0.2, 0.25) is 0 Å². The number of benzene rings is 1. The highest BCUT2D eigenvalue weighted by Crippen LogP contribution is 2.34. The van der Waals surface area contributed by atoms with Gasteiger partial charge in [0.25, 0.3) is 5.91 Å². The third-order valence-electron chi connectivity index (χ3n) is 3.59. The van der Waals surface area contributed by atoms with E-state index < -0.39 is 0 Å². The van der Waals surface area contributed by atoms with Crippen LogP contribution in [0.4, 0.5) is 0 Å². The molecule has 98 valence electrons. The fourth-order valence-electron chi connectivity index (χ4n) is 2.35. The second-order valence-electron chi connectivity index (χ2n) is 5.05. The number of rotatable bonds is 6. The van der Waals surface area contributed by atoms with E-state index in [4.69, 9.17) is 0 Å². The number of amides is 1. The van der Waals surface area contributed by atoms with Gasteiger partial charge in [0.05, 0.1) is 0 Å². The van der Waals surface area contributed by atoms with Gasteiger partial charge >= 0.3 is 0 Å². The quantitative estimate of drug-likeness (QED) is 0.809. The molecule has 2 N–H and O–H groups in total. The summed E-state index contributed by atoms with van der Waals surface area (Å²) in [4.78, 5) is 11.4. The van der Waals surface area contributed by atoms with Gasteiger partial charge in [-0.25, -0.2) is 0 Å². The minimum Gasteiger partial charge on any atom is -0.355 e. The summed E-state index contributed by atoms with van der Waals surface area (Å²) in [6.07, 6.45) is 3.95. The molecule has 2 rings (SSSR count). The van der Waals surface area contributed by atoms with Crippen LogP contribution in [0.15, 0.2) is 24.3 Å². The number of carbonyl (C=O) groups excluding carboxylic acids is 1. The van der Waals surface area contributed by atoms with Crippen molar-refractivity contribution in [2.75, 3.05) is 7.05 Å². The predicted octanol–water partition coefficient (Wildman–Crippen LogP) is 2.32. The van der Waals surface area contributed by atoms with Gasteiger partial charge in [-0.1, -0.05) is 25.5 Å². The second kappa shape index (κ2) is 6.01. The molecule has 1 saturated carbocycles. The van der Waals surface area contributed by atoms with E-state index in [2.05, 4.69) is 17.6 Å². The van der Waals surface area contributed by atoms with Gasteiger partial charge in [-0.2, -0.15) is 0 Å². The lowest BCUT2D eigenvalue weighted by molar-refractivity contribution is 0.0963. The zero-order valence-electron chi connectivity index (χ0n) is 11.2. The molecule has 3 heteroatoms. The van der Waals surface area contributed by atoms with Crippen molar-refractivity contribution < 1.29 is 4.79 Å². The summed E-state index contributed by atoms with van der Waals surface area (Å²) in [5.74, 6) is 0.861.